The van der Waals surface area contributed by atoms with Crippen LogP contribution in [0.1, 0.15) is 53.9 Å². The molecule has 1 aliphatic heterocycles. The Hall–Kier alpha value is -0.0800. The van der Waals surface area contributed by atoms with Crippen LogP contribution in [0.3, 0.4) is 0 Å². The smallest absolute Gasteiger partial charge is 0.0602 e. The Morgan fingerprint density at radius 2 is 2.06 bits per heavy atom. The van der Waals surface area contributed by atoms with E-state index in [4.69, 9.17) is 4.74 Å². The number of rotatable bonds is 4. The first-order valence-electron chi connectivity index (χ1n) is 7.28. The summed E-state index contributed by atoms with van der Waals surface area (Å²) in [6.07, 6.45) is 4.59. The van der Waals surface area contributed by atoms with E-state index in [9.17, 15) is 0 Å². The molecular formula is C15H29NO. The third kappa shape index (κ3) is 3.69. The molecule has 0 radical (unpaired) electrons. The van der Waals surface area contributed by atoms with E-state index >= 15 is 0 Å². The molecule has 0 aromatic carbocycles. The first-order chi connectivity index (χ1) is 7.87. The molecule has 1 saturated carbocycles. The highest BCUT2D eigenvalue weighted by Gasteiger charge is 2.44. The first kappa shape index (κ1) is 13.4. The van der Waals surface area contributed by atoms with Crippen LogP contribution in [-0.2, 0) is 4.74 Å². The Balaban J connectivity index is 1.73. The van der Waals surface area contributed by atoms with Gasteiger partial charge in [0.1, 0.15) is 0 Å². The van der Waals surface area contributed by atoms with Gasteiger partial charge in [0.2, 0.25) is 0 Å². The van der Waals surface area contributed by atoms with Gasteiger partial charge in [-0.1, -0.05) is 0 Å². The molecule has 0 spiro atoms. The molecule has 3 unspecified atom stereocenters. The van der Waals surface area contributed by atoms with Gasteiger partial charge in [0, 0.05) is 12.6 Å². The summed E-state index contributed by atoms with van der Waals surface area (Å²) in [5, 5.41) is 0. The van der Waals surface area contributed by atoms with Crippen LogP contribution >= 0.6 is 0 Å². The van der Waals surface area contributed by atoms with Crippen LogP contribution in [0.4, 0.5) is 0 Å². The molecule has 1 saturated heterocycles. The van der Waals surface area contributed by atoms with Crippen molar-refractivity contribution < 1.29 is 4.74 Å². The highest BCUT2D eigenvalue weighted by atomic mass is 16.5. The van der Waals surface area contributed by atoms with Crippen LogP contribution in [0.15, 0.2) is 0 Å². The summed E-state index contributed by atoms with van der Waals surface area (Å²) in [5.41, 5.74) is 0.00743. The van der Waals surface area contributed by atoms with Gasteiger partial charge < -0.3 is 9.64 Å². The Labute approximate surface area is 107 Å². The summed E-state index contributed by atoms with van der Waals surface area (Å²) in [5.74, 6) is 1.70. The molecule has 0 aromatic rings. The van der Waals surface area contributed by atoms with Crippen molar-refractivity contribution in [2.45, 2.75) is 71.6 Å². The van der Waals surface area contributed by atoms with E-state index in [1.807, 2.05) is 0 Å². The maximum absolute atomic E-state index is 6.06. The highest BCUT2D eigenvalue weighted by molar-refractivity contribution is 4.94. The van der Waals surface area contributed by atoms with E-state index in [-0.39, 0.29) is 5.60 Å². The molecule has 0 N–H and O–H groups in total. The minimum atomic E-state index is 0.00743. The van der Waals surface area contributed by atoms with E-state index in [0.717, 1.165) is 17.9 Å². The Kier molecular flexibility index (Phi) is 3.84. The minimum absolute atomic E-state index is 0.00743. The number of hydrogen-bond donors (Lipinski definition) is 0. The lowest BCUT2D eigenvalue weighted by Gasteiger charge is -2.26. The maximum Gasteiger partial charge on any atom is 0.0602 e. The number of hydrogen-bond acceptors (Lipinski definition) is 2. The average Bonchev–Trinajstić information content (AvgIpc) is 2.82. The van der Waals surface area contributed by atoms with Crippen molar-refractivity contribution in [3.8, 4) is 0 Å². The predicted molar refractivity (Wildman–Crippen MR) is 72.2 cm³/mol. The van der Waals surface area contributed by atoms with Crippen LogP contribution in [0.25, 0.3) is 0 Å². The summed E-state index contributed by atoms with van der Waals surface area (Å²) in [4.78, 5) is 2.68. The Morgan fingerprint density at radius 3 is 2.59 bits per heavy atom. The van der Waals surface area contributed by atoms with E-state index in [0.29, 0.717) is 6.10 Å². The van der Waals surface area contributed by atoms with Crippen LogP contribution in [0.2, 0.25) is 0 Å². The summed E-state index contributed by atoms with van der Waals surface area (Å²) in [7, 11) is 0. The van der Waals surface area contributed by atoms with Crippen LogP contribution in [0.5, 0.6) is 0 Å². The van der Waals surface area contributed by atoms with E-state index in [1.165, 1.54) is 32.4 Å². The van der Waals surface area contributed by atoms with Crippen molar-refractivity contribution in [1.82, 2.24) is 4.90 Å². The van der Waals surface area contributed by atoms with E-state index in [2.05, 4.69) is 39.5 Å². The second-order valence-electron chi connectivity index (χ2n) is 7.08. The second-order valence-corrected chi connectivity index (χ2v) is 7.08. The number of ether oxygens (including phenoxy) is 1. The van der Waals surface area contributed by atoms with Crippen molar-refractivity contribution in [2.24, 2.45) is 11.8 Å². The number of likely N-dealkylation sites (tertiary alicyclic amines) is 1. The Bertz CT molecular complexity index is 258. The molecule has 2 aliphatic rings. The standard InChI is InChI=1S/C15H29NO/c1-11-7-6-8-16(11)10-13-9-14(13)12(2)17-15(3,4)5/h11-14H,6-10H2,1-5H3/t11?,12-,13?,14?/m1/s1. The molecule has 100 valence electrons. The third-order valence-corrected chi connectivity index (χ3v) is 4.28. The van der Waals surface area contributed by atoms with E-state index in [1.54, 1.807) is 0 Å². The lowest BCUT2D eigenvalue weighted by Crippen LogP contribution is -2.31. The van der Waals surface area contributed by atoms with Crippen LogP contribution in [-0.4, -0.2) is 35.7 Å². The summed E-state index contributed by atoms with van der Waals surface area (Å²) in [6, 6.07) is 0.815. The Morgan fingerprint density at radius 1 is 1.35 bits per heavy atom. The van der Waals surface area contributed by atoms with Crippen molar-refractivity contribution >= 4 is 0 Å². The van der Waals surface area contributed by atoms with Crippen LogP contribution < -0.4 is 0 Å². The van der Waals surface area contributed by atoms with Gasteiger partial charge in [-0.25, -0.2) is 0 Å². The lowest BCUT2D eigenvalue weighted by atomic mass is 10.1. The molecule has 2 rings (SSSR count). The SMILES string of the molecule is CC1CCCN1CC1CC1[C@@H](C)OC(C)(C)C. The van der Waals surface area contributed by atoms with Gasteiger partial charge in [-0.3, -0.25) is 0 Å². The highest BCUT2D eigenvalue weighted by Crippen LogP contribution is 2.44. The van der Waals surface area contributed by atoms with Gasteiger partial charge in [0.25, 0.3) is 0 Å². The van der Waals surface area contributed by atoms with Crippen molar-refractivity contribution in [1.29, 1.82) is 0 Å². The van der Waals surface area contributed by atoms with Gasteiger partial charge in [-0.2, -0.15) is 0 Å². The second kappa shape index (κ2) is 4.89. The molecule has 0 aromatic heterocycles. The van der Waals surface area contributed by atoms with Crippen LogP contribution in [0, 0.1) is 11.8 Å². The molecule has 1 heterocycles. The normalized spacial score (nSPS) is 36.2. The predicted octanol–water partition coefficient (Wildman–Crippen LogP) is 3.31. The third-order valence-electron chi connectivity index (χ3n) is 4.28. The zero-order valence-electron chi connectivity index (χ0n) is 12.2. The lowest BCUT2D eigenvalue weighted by molar-refractivity contribution is -0.0629. The summed E-state index contributed by atoms with van der Waals surface area (Å²) >= 11 is 0. The summed E-state index contributed by atoms with van der Waals surface area (Å²) in [6.45, 7) is 13.7. The van der Waals surface area contributed by atoms with E-state index < -0.39 is 0 Å². The minimum Gasteiger partial charge on any atom is -0.373 e. The maximum atomic E-state index is 6.06. The molecular weight excluding hydrogens is 210 g/mol. The average molecular weight is 239 g/mol. The molecule has 2 nitrogen and oxygen atoms in total. The van der Waals surface area contributed by atoms with Gasteiger partial charge in [0.05, 0.1) is 11.7 Å². The van der Waals surface area contributed by atoms with Gasteiger partial charge in [-0.05, 0) is 72.3 Å². The fourth-order valence-electron chi connectivity index (χ4n) is 3.27. The summed E-state index contributed by atoms with van der Waals surface area (Å²) < 4.78 is 6.06. The molecule has 2 heteroatoms. The molecule has 0 amide bonds. The quantitative estimate of drug-likeness (QED) is 0.746. The molecule has 17 heavy (non-hydrogen) atoms. The topological polar surface area (TPSA) is 12.5 Å². The van der Waals surface area contributed by atoms with Crippen molar-refractivity contribution in [3.05, 3.63) is 0 Å². The van der Waals surface area contributed by atoms with Gasteiger partial charge in [-0.15, -0.1) is 0 Å². The van der Waals surface area contributed by atoms with Gasteiger partial charge in [0.15, 0.2) is 0 Å². The zero-order valence-corrected chi connectivity index (χ0v) is 12.2. The molecule has 2 fully saturated rings. The monoisotopic (exact) mass is 239 g/mol. The molecule has 0 bridgehead atoms. The molecule has 4 atom stereocenters. The first-order valence-corrected chi connectivity index (χ1v) is 7.28. The fraction of sp³-hybridized carbons (Fsp3) is 1.00. The molecule has 1 aliphatic carbocycles. The number of nitrogens with zero attached hydrogens (tertiary/aromatic N) is 1. The van der Waals surface area contributed by atoms with Crippen molar-refractivity contribution in [2.75, 3.05) is 13.1 Å². The zero-order chi connectivity index (χ0) is 12.6. The largest absolute Gasteiger partial charge is 0.373 e. The fourth-order valence-corrected chi connectivity index (χ4v) is 3.27. The van der Waals surface area contributed by atoms with Crippen molar-refractivity contribution in [3.63, 3.8) is 0 Å². The van der Waals surface area contributed by atoms with Gasteiger partial charge >= 0.3 is 0 Å².